The standard InChI is InChI=1S/C16H21N5O2/c1-2-3-13(16(22)23)14(15-18-20-21-19-15)7-10-4-5-11-8-17-9-12(11)6-10/h4-6,13-14,17H,2-3,7-9H2,1H3,(H,22,23)(H,18,19,20,21)/t13?,14-/m0/s1. The molecule has 122 valence electrons. The third kappa shape index (κ3) is 3.39. The summed E-state index contributed by atoms with van der Waals surface area (Å²) in [6.45, 7) is 3.76. The van der Waals surface area contributed by atoms with Crippen molar-refractivity contribution in [3.63, 3.8) is 0 Å². The van der Waals surface area contributed by atoms with E-state index in [1.165, 1.54) is 11.1 Å². The van der Waals surface area contributed by atoms with Gasteiger partial charge in [0, 0.05) is 19.0 Å². The van der Waals surface area contributed by atoms with Gasteiger partial charge in [0.15, 0.2) is 5.82 Å². The summed E-state index contributed by atoms with van der Waals surface area (Å²) in [5, 5.41) is 27.1. The van der Waals surface area contributed by atoms with E-state index < -0.39 is 11.9 Å². The minimum atomic E-state index is -0.801. The van der Waals surface area contributed by atoms with Crippen LogP contribution in [0, 0.1) is 5.92 Å². The number of hydrogen-bond donors (Lipinski definition) is 3. The normalized spacial score (nSPS) is 16.0. The minimum absolute atomic E-state index is 0.279. The van der Waals surface area contributed by atoms with Gasteiger partial charge in [0.25, 0.3) is 0 Å². The summed E-state index contributed by atoms with van der Waals surface area (Å²) in [6.07, 6.45) is 2.00. The lowest BCUT2D eigenvalue weighted by Gasteiger charge is -2.21. The first kappa shape index (κ1) is 15.6. The molecule has 0 amide bonds. The number of benzene rings is 1. The lowest BCUT2D eigenvalue weighted by atomic mass is 9.83. The molecule has 1 aromatic carbocycles. The fourth-order valence-corrected chi connectivity index (χ4v) is 3.28. The van der Waals surface area contributed by atoms with E-state index in [0.717, 1.165) is 25.1 Å². The van der Waals surface area contributed by atoms with Crippen LogP contribution in [0.4, 0.5) is 0 Å². The van der Waals surface area contributed by atoms with Crippen LogP contribution in [0.5, 0.6) is 0 Å². The highest BCUT2D eigenvalue weighted by Crippen LogP contribution is 2.30. The molecule has 0 radical (unpaired) electrons. The van der Waals surface area contributed by atoms with Crippen LogP contribution in [-0.4, -0.2) is 31.7 Å². The van der Waals surface area contributed by atoms with Crippen LogP contribution in [0.15, 0.2) is 18.2 Å². The summed E-state index contributed by atoms with van der Waals surface area (Å²) in [4.78, 5) is 11.7. The summed E-state index contributed by atoms with van der Waals surface area (Å²) in [6, 6.07) is 6.35. The Morgan fingerprint density at radius 2 is 2.17 bits per heavy atom. The second-order valence-electron chi connectivity index (χ2n) is 6.02. The van der Waals surface area contributed by atoms with E-state index in [0.29, 0.717) is 18.7 Å². The molecule has 1 aromatic heterocycles. The summed E-state index contributed by atoms with van der Waals surface area (Å²) < 4.78 is 0. The number of aliphatic carboxylic acids is 1. The zero-order valence-electron chi connectivity index (χ0n) is 13.1. The van der Waals surface area contributed by atoms with Gasteiger partial charge in [-0.15, -0.1) is 10.2 Å². The van der Waals surface area contributed by atoms with Gasteiger partial charge in [-0.05, 0) is 29.5 Å². The molecule has 0 aliphatic carbocycles. The van der Waals surface area contributed by atoms with Gasteiger partial charge < -0.3 is 10.4 Å². The number of hydrogen-bond acceptors (Lipinski definition) is 5. The minimum Gasteiger partial charge on any atom is -0.481 e. The number of rotatable bonds is 7. The molecule has 2 heterocycles. The fraction of sp³-hybridized carbons (Fsp3) is 0.500. The molecule has 1 aliphatic heterocycles. The number of H-pyrrole nitrogens is 1. The van der Waals surface area contributed by atoms with Crippen molar-refractivity contribution in [3.05, 3.63) is 40.7 Å². The van der Waals surface area contributed by atoms with Gasteiger partial charge >= 0.3 is 5.97 Å². The Balaban J connectivity index is 1.88. The van der Waals surface area contributed by atoms with Gasteiger partial charge in [-0.1, -0.05) is 36.8 Å². The summed E-state index contributed by atoms with van der Waals surface area (Å²) in [7, 11) is 0. The third-order valence-electron chi connectivity index (χ3n) is 4.45. The van der Waals surface area contributed by atoms with E-state index in [4.69, 9.17) is 0 Å². The van der Waals surface area contributed by atoms with Crippen LogP contribution in [0.2, 0.25) is 0 Å². The van der Waals surface area contributed by atoms with Gasteiger partial charge in [0.05, 0.1) is 5.92 Å². The van der Waals surface area contributed by atoms with Gasteiger partial charge in [-0.25, -0.2) is 0 Å². The van der Waals surface area contributed by atoms with Crippen molar-refractivity contribution in [2.45, 2.75) is 45.2 Å². The zero-order valence-corrected chi connectivity index (χ0v) is 13.1. The molecule has 3 N–H and O–H groups in total. The van der Waals surface area contributed by atoms with E-state index in [1.807, 2.05) is 6.92 Å². The number of carboxylic acid groups (broad SMARTS) is 1. The number of fused-ring (bicyclic) bond motifs is 1. The third-order valence-corrected chi connectivity index (χ3v) is 4.45. The van der Waals surface area contributed by atoms with Crippen LogP contribution in [-0.2, 0) is 24.3 Å². The Bertz CT molecular complexity index is 671. The summed E-state index contributed by atoms with van der Waals surface area (Å²) in [5.41, 5.74) is 3.72. The Morgan fingerprint density at radius 3 is 2.87 bits per heavy atom. The Kier molecular flexibility index (Phi) is 4.66. The summed E-state index contributed by atoms with van der Waals surface area (Å²) in [5.74, 6) is -1.11. The number of carbonyl (C=O) groups is 1. The van der Waals surface area contributed by atoms with Gasteiger partial charge in [0.1, 0.15) is 0 Å². The Hall–Kier alpha value is -2.28. The molecule has 0 saturated heterocycles. The molecule has 7 nitrogen and oxygen atoms in total. The van der Waals surface area contributed by atoms with Crippen LogP contribution in [0.25, 0.3) is 0 Å². The maximum Gasteiger partial charge on any atom is 0.307 e. The number of carboxylic acids is 1. The van der Waals surface area contributed by atoms with Crippen molar-refractivity contribution in [1.82, 2.24) is 25.9 Å². The number of nitrogens with one attached hydrogen (secondary N) is 2. The van der Waals surface area contributed by atoms with Crippen LogP contribution >= 0.6 is 0 Å². The SMILES string of the molecule is CCCC(C(=O)O)[C@H](Cc1ccc2c(c1)CNC2)c1nn[nH]n1. The molecule has 3 rings (SSSR count). The highest BCUT2D eigenvalue weighted by Gasteiger charge is 2.32. The second-order valence-corrected chi connectivity index (χ2v) is 6.02. The summed E-state index contributed by atoms with van der Waals surface area (Å²) >= 11 is 0. The van der Waals surface area contributed by atoms with Gasteiger partial charge in [-0.2, -0.15) is 5.21 Å². The Morgan fingerprint density at radius 1 is 1.35 bits per heavy atom. The first-order valence-corrected chi connectivity index (χ1v) is 7.96. The highest BCUT2D eigenvalue weighted by molar-refractivity contribution is 5.71. The first-order valence-electron chi connectivity index (χ1n) is 7.96. The van der Waals surface area contributed by atoms with E-state index in [-0.39, 0.29) is 5.92 Å². The average molecular weight is 315 g/mol. The molecule has 0 fully saturated rings. The predicted octanol–water partition coefficient (Wildman–Crippen LogP) is 1.63. The molecule has 0 bridgehead atoms. The maximum atomic E-state index is 11.7. The number of aromatic amines is 1. The molecule has 0 saturated carbocycles. The molecular weight excluding hydrogens is 294 g/mol. The highest BCUT2D eigenvalue weighted by atomic mass is 16.4. The first-order chi connectivity index (χ1) is 11.2. The zero-order chi connectivity index (χ0) is 16.2. The predicted molar refractivity (Wildman–Crippen MR) is 83.6 cm³/mol. The van der Waals surface area contributed by atoms with Crippen LogP contribution < -0.4 is 5.32 Å². The molecule has 23 heavy (non-hydrogen) atoms. The number of tetrazole rings is 1. The van der Waals surface area contributed by atoms with Gasteiger partial charge in [0.2, 0.25) is 0 Å². The molecule has 1 unspecified atom stereocenters. The van der Waals surface area contributed by atoms with E-state index in [2.05, 4.69) is 44.1 Å². The van der Waals surface area contributed by atoms with Crippen molar-refractivity contribution >= 4 is 5.97 Å². The van der Waals surface area contributed by atoms with Crippen molar-refractivity contribution in [2.24, 2.45) is 5.92 Å². The van der Waals surface area contributed by atoms with Crippen molar-refractivity contribution < 1.29 is 9.90 Å². The largest absolute Gasteiger partial charge is 0.481 e. The quantitative estimate of drug-likeness (QED) is 0.717. The molecular formula is C16H21N5O2. The molecule has 1 aliphatic rings. The van der Waals surface area contributed by atoms with E-state index >= 15 is 0 Å². The number of aromatic nitrogens is 4. The lowest BCUT2D eigenvalue weighted by molar-refractivity contribution is -0.142. The topological polar surface area (TPSA) is 104 Å². The molecule has 2 atom stereocenters. The Labute approximate surface area is 134 Å². The maximum absolute atomic E-state index is 11.7. The van der Waals surface area contributed by atoms with Crippen LogP contribution in [0.1, 0.15) is 48.2 Å². The van der Waals surface area contributed by atoms with Crippen molar-refractivity contribution in [2.75, 3.05) is 0 Å². The lowest BCUT2D eigenvalue weighted by Crippen LogP contribution is -2.25. The molecule has 2 aromatic rings. The monoisotopic (exact) mass is 315 g/mol. The van der Waals surface area contributed by atoms with Crippen LogP contribution in [0.3, 0.4) is 0 Å². The smallest absolute Gasteiger partial charge is 0.307 e. The van der Waals surface area contributed by atoms with Crippen molar-refractivity contribution in [1.29, 1.82) is 0 Å². The van der Waals surface area contributed by atoms with Crippen molar-refractivity contribution in [3.8, 4) is 0 Å². The fourth-order valence-electron chi connectivity index (χ4n) is 3.28. The van der Waals surface area contributed by atoms with Gasteiger partial charge in [-0.3, -0.25) is 4.79 Å². The second kappa shape index (κ2) is 6.87. The van der Waals surface area contributed by atoms with E-state index in [9.17, 15) is 9.90 Å². The average Bonchev–Trinajstić information content (AvgIpc) is 3.20. The molecule has 0 spiro atoms. The molecule has 7 heteroatoms. The number of nitrogens with zero attached hydrogens (tertiary/aromatic N) is 3. The van der Waals surface area contributed by atoms with E-state index in [1.54, 1.807) is 0 Å².